The lowest BCUT2D eigenvalue weighted by atomic mass is 9.77. The molecule has 1 aliphatic carbocycles. The number of nitrogens with zero attached hydrogens (tertiary/aromatic N) is 1. The quantitative estimate of drug-likeness (QED) is 0.409. The number of primary amides is 1. The van der Waals surface area contributed by atoms with Crippen molar-refractivity contribution in [3.63, 3.8) is 0 Å². The van der Waals surface area contributed by atoms with E-state index in [9.17, 15) is 9.59 Å². The molecule has 1 aromatic heterocycles. The van der Waals surface area contributed by atoms with Gasteiger partial charge in [-0.3, -0.25) is 4.79 Å². The maximum absolute atomic E-state index is 15.1. The number of carbonyl (C=O) groups is 2. The van der Waals surface area contributed by atoms with Crippen LogP contribution in [0.5, 0.6) is 0 Å². The molecule has 0 bridgehead atoms. The van der Waals surface area contributed by atoms with Crippen molar-refractivity contribution >= 4 is 29.3 Å². The molecule has 2 amide bonds. The molecule has 1 aliphatic rings. The molecule has 1 saturated carbocycles. The summed E-state index contributed by atoms with van der Waals surface area (Å²) < 4.78 is 20.5. The fourth-order valence-corrected chi connectivity index (χ4v) is 4.25. The molecule has 0 unspecified atom stereocenters. The number of hydrogen-bond acceptors (Lipinski definition) is 6. The van der Waals surface area contributed by atoms with Gasteiger partial charge in [0.1, 0.15) is 11.4 Å². The summed E-state index contributed by atoms with van der Waals surface area (Å²) in [5, 5.41) is 9.15. The van der Waals surface area contributed by atoms with Crippen LogP contribution in [0.1, 0.15) is 68.4 Å². The first-order valence-corrected chi connectivity index (χ1v) is 11.9. The Morgan fingerprint density at radius 1 is 1.11 bits per heavy atom. The van der Waals surface area contributed by atoms with E-state index in [4.69, 9.17) is 10.5 Å². The normalized spacial score (nSPS) is 15.5. The number of anilines is 3. The number of alkyl carbamates (subject to hydrolysis) is 1. The van der Waals surface area contributed by atoms with Gasteiger partial charge in [-0.15, -0.1) is 0 Å². The monoisotopic (exact) mass is 485 g/mol. The molecule has 190 valence electrons. The fraction of sp³-hybridized carbons (Fsp3) is 0.500. The van der Waals surface area contributed by atoms with Crippen LogP contribution in [-0.4, -0.2) is 34.7 Å². The van der Waals surface area contributed by atoms with E-state index >= 15 is 4.39 Å². The molecule has 1 fully saturated rings. The number of ether oxygens (including phenoxy) is 1. The van der Waals surface area contributed by atoms with Crippen molar-refractivity contribution in [1.82, 2.24) is 10.3 Å². The van der Waals surface area contributed by atoms with Crippen LogP contribution in [0.2, 0.25) is 0 Å². The van der Waals surface area contributed by atoms with E-state index in [0.717, 1.165) is 36.5 Å². The van der Waals surface area contributed by atoms with Gasteiger partial charge in [0.15, 0.2) is 11.6 Å². The summed E-state index contributed by atoms with van der Waals surface area (Å²) in [4.78, 5) is 28.8. The minimum atomic E-state index is -0.787. The molecule has 3 rings (SSSR count). The third-order valence-corrected chi connectivity index (χ3v) is 5.97. The Morgan fingerprint density at radius 3 is 2.26 bits per heavy atom. The maximum Gasteiger partial charge on any atom is 0.407 e. The van der Waals surface area contributed by atoms with E-state index in [1.807, 2.05) is 39.0 Å². The van der Waals surface area contributed by atoms with Gasteiger partial charge in [-0.25, -0.2) is 14.2 Å². The van der Waals surface area contributed by atoms with Crippen LogP contribution >= 0.6 is 0 Å². The lowest BCUT2D eigenvalue weighted by Gasteiger charge is -2.38. The van der Waals surface area contributed by atoms with Gasteiger partial charge in [0.25, 0.3) is 5.91 Å². The van der Waals surface area contributed by atoms with E-state index < -0.39 is 23.4 Å². The molecule has 8 nitrogen and oxygen atoms in total. The van der Waals surface area contributed by atoms with E-state index in [2.05, 4.69) is 20.9 Å². The average Bonchev–Trinajstić information content (AvgIpc) is 2.65. The van der Waals surface area contributed by atoms with E-state index in [1.165, 1.54) is 0 Å². The Balaban J connectivity index is 1.89. The summed E-state index contributed by atoms with van der Waals surface area (Å²) >= 11 is 0. The molecule has 9 heteroatoms. The summed E-state index contributed by atoms with van der Waals surface area (Å²) in [6.45, 7) is 11.2. The Hall–Kier alpha value is -3.36. The van der Waals surface area contributed by atoms with Crippen molar-refractivity contribution in [2.24, 2.45) is 11.7 Å². The van der Waals surface area contributed by atoms with Gasteiger partial charge in [-0.05, 0) is 89.6 Å². The van der Waals surface area contributed by atoms with Gasteiger partial charge in [-0.2, -0.15) is 0 Å². The summed E-state index contributed by atoms with van der Waals surface area (Å²) in [6.07, 6.45) is 2.43. The molecule has 0 saturated heterocycles. The predicted molar refractivity (Wildman–Crippen MR) is 135 cm³/mol. The molecule has 1 aromatic carbocycles. The summed E-state index contributed by atoms with van der Waals surface area (Å²) in [5.41, 5.74) is 7.61. The highest BCUT2D eigenvalue weighted by Crippen LogP contribution is 2.34. The number of rotatable bonds is 8. The Labute approximate surface area is 206 Å². The van der Waals surface area contributed by atoms with Gasteiger partial charge in [-0.1, -0.05) is 12.5 Å². The van der Waals surface area contributed by atoms with Crippen molar-refractivity contribution < 1.29 is 18.7 Å². The van der Waals surface area contributed by atoms with Crippen LogP contribution in [0.25, 0.3) is 0 Å². The van der Waals surface area contributed by atoms with E-state index in [-0.39, 0.29) is 35.2 Å². The lowest BCUT2D eigenvalue weighted by Crippen LogP contribution is -2.51. The third kappa shape index (κ3) is 7.07. The van der Waals surface area contributed by atoms with Crippen LogP contribution < -0.4 is 21.7 Å². The number of hydrogen-bond donors (Lipinski definition) is 4. The highest BCUT2D eigenvalue weighted by Gasteiger charge is 2.34. The SMILES string of the molecule is Cc1cc(C)cc(Nc2nc(N[C@H](C3CCC3)[C@H](C)NC(=O)OC(C)(C)C)c(F)cc2C(N)=O)c1. The Bertz CT molecular complexity index is 1070. The minimum Gasteiger partial charge on any atom is -0.444 e. The van der Waals surface area contributed by atoms with Crippen LogP contribution in [0.4, 0.5) is 26.5 Å². The summed E-state index contributed by atoms with van der Waals surface area (Å²) in [6, 6.07) is 6.27. The second-order valence-corrected chi connectivity index (χ2v) is 10.4. The zero-order valence-electron chi connectivity index (χ0n) is 21.3. The van der Waals surface area contributed by atoms with Crippen molar-refractivity contribution in [3.8, 4) is 0 Å². The van der Waals surface area contributed by atoms with Gasteiger partial charge in [0.05, 0.1) is 11.6 Å². The Morgan fingerprint density at radius 2 is 1.74 bits per heavy atom. The zero-order chi connectivity index (χ0) is 25.9. The van der Waals surface area contributed by atoms with Crippen LogP contribution in [0, 0.1) is 25.6 Å². The summed E-state index contributed by atoms with van der Waals surface area (Å²) in [5.74, 6) is -1.11. The molecule has 35 heavy (non-hydrogen) atoms. The molecule has 0 aliphatic heterocycles. The number of nitrogens with two attached hydrogens (primary N) is 1. The number of amides is 2. The van der Waals surface area contributed by atoms with Gasteiger partial charge < -0.3 is 26.4 Å². The number of carbonyl (C=O) groups excluding carboxylic acids is 2. The second-order valence-electron chi connectivity index (χ2n) is 10.4. The predicted octanol–water partition coefficient (Wildman–Crippen LogP) is 5.17. The highest BCUT2D eigenvalue weighted by atomic mass is 19.1. The highest BCUT2D eigenvalue weighted by molar-refractivity contribution is 5.98. The number of pyridine rings is 1. The summed E-state index contributed by atoms with van der Waals surface area (Å²) in [7, 11) is 0. The van der Waals surface area contributed by atoms with Crippen molar-refractivity contribution in [3.05, 3.63) is 46.8 Å². The number of benzene rings is 1. The largest absolute Gasteiger partial charge is 0.444 e. The maximum atomic E-state index is 15.1. The van der Waals surface area contributed by atoms with Gasteiger partial charge >= 0.3 is 6.09 Å². The Kier molecular flexibility index (Phi) is 7.87. The van der Waals surface area contributed by atoms with E-state index in [1.54, 1.807) is 20.8 Å². The van der Waals surface area contributed by atoms with Crippen LogP contribution in [0.3, 0.4) is 0 Å². The van der Waals surface area contributed by atoms with Crippen LogP contribution in [-0.2, 0) is 4.74 Å². The van der Waals surface area contributed by atoms with Crippen molar-refractivity contribution in [2.75, 3.05) is 10.6 Å². The minimum absolute atomic E-state index is 0.0170. The molecule has 2 atom stereocenters. The zero-order valence-corrected chi connectivity index (χ0v) is 21.3. The van der Waals surface area contributed by atoms with Crippen molar-refractivity contribution in [1.29, 1.82) is 0 Å². The molecule has 1 heterocycles. The molecule has 0 spiro atoms. The molecular weight excluding hydrogens is 449 g/mol. The first-order chi connectivity index (χ1) is 16.3. The van der Waals surface area contributed by atoms with Crippen molar-refractivity contribution in [2.45, 2.75) is 78.5 Å². The van der Waals surface area contributed by atoms with Gasteiger partial charge in [0, 0.05) is 11.7 Å². The average molecular weight is 486 g/mol. The molecule has 2 aromatic rings. The first-order valence-electron chi connectivity index (χ1n) is 11.9. The second kappa shape index (κ2) is 10.5. The van der Waals surface area contributed by atoms with E-state index in [0.29, 0.717) is 5.69 Å². The van der Waals surface area contributed by atoms with Gasteiger partial charge in [0.2, 0.25) is 0 Å². The molecular formula is C26H36FN5O3. The fourth-order valence-electron chi connectivity index (χ4n) is 4.25. The number of halogens is 1. The van der Waals surface area contributed by atoms with Crippen LogP contribution in [0.15, 0.2) is 24.3 Å². The first kappa shape index (κ1) is 26.2. The number of nitrogens with one attached hydrogen (secondary N) is 3. The smallest absolute Gasteiger partial charge is 0.407 e. The number of aryl methyl sites for hydroxylation is 2. The number of aromatic nitrogens is 1. The lowest BCUT2D eigenvalue weighted by molar-refractivity contribution is 0.0492. The standard InChI is InChI=1S/C26H36FN5O3/c1-14-10-15(2)12-18(11-14)30-23-19(22(28)33)13-20(27)24(32-23)31-21(17-8-7-9-17)16(3)29-25(34)35-26(4,5)6/h10-13,16-17,21H,7-9H2,1-6H3,(H2,28,33)(H,29,34)(H2,30,31,32)/t16-,21-/m0/s1. The molecule has 5 N–H and O–H groups in total. The topological polar surface area (TPSA) is 118 Å². The molecule has 0 radical (unpaired) electrons. The third-order valence-electron chi connectivity index (χ3n) is 5.97.